The number of hydrogen-bond acceptors (Lipinski definition) is 3. The molecule has 0 bridgehead atoms. The highest BCUT2D eigenvalue weighted by Crippen LogP contribution is 2.51. The predicted octanol–water partition coefficient (Wildman–Crippen LogP) is 16.0. The molecule has 0 atom stereocenters. The summed E-state index contributed by atoms with van der Waals surface area (Å²) >= 11 is 0. The molecule has 0 saturated carbocycles. The summed E-state index contributed by atoms with van der Waals surface area (Å²) in [5.41, 5.74) is 13.3. The standard InChI is InChI=1S/C61H42N2O/c64-61-59(45-21-5-1-6-22-45)57(47-35-39-51(40-36-47)62(49-27-9-3-10-28-49)55-33-17-25-43-19-13-15-31-53(43)55)58(60(61)46-23-7-2-8-24-46)48-37-41-52(42-38-48)63(50-29-11-4-12-30-50)56-34-18-26-44-20-14-16-32-54(44)56/h1-42H. The molecule has 0 radical (unpaired) electrons. The van der Waals surface area contributed by atoms with Crippen molar-refractivity contribution >= 4 is 83.7 Å². The lowest BCUT2D eigenvalue weighted by atomic mass is 9.89. The Balaban J connectivity index is 1.09. The summed E-state index contributed by atoms with van der Waals surface area (Å²) in [4.78, 5) is 19.9. The van der Waals surface area contributed by atoms with Gasteiger partial charge in [-0.1, -0.05) is 194 Å². The van der Waals surface area contributed by atoms with Crippen LogP contribution in [0.2, 0.25) is 0 Å². The lowest BCUT2D eigenvalue weighted by Crippen LogP contribution is -2.10. The average Bonchev–Trinajstić information content (AvgIpc) is 3.68. The van der Waals surface area contributed by atoms with Gasteiger partial charge in [0.15, 0.2) is 5.78 Å². The molecule has 0 unspecified atom stereocenters. The minimum atomic E-state index is 0.0129. The van der Waals surface area contributed by atoms with E-state index in [1.165, 1.54) is 21.5 Å². The van der Waals surface area contributed by atoms with E-state index in [1.807, 2.05) is 36.4 Å². The summed E-state index contributed by atoms with van der Waals surface area (Å²) in [6, 6.07) is 88.8. The number of para-hydroxylation sites is 2. The smallest absolute Gasteiger partial charge is 0.195 e. The van der Waals surface area contributed by atoms with E-state index < -0.39 is 0 Å². The highest BCUT2D eigenvalue weighted by Gasteiger charge is 2.35. The molecule has 302 valence electrons. The van der Waals surface area contributed by atoms with Gasteiger partial charge in [-0.25, -0.2) is 0 Å². The van der Waals surface area contributed by atoms with Crippen LogP contribution >= 0.6 is 0 Å². The minimum Gasteiger partial charge on any atom is -0.310 e. The molecule has 3 nitrogen and oxygen atoms in total. The number of rotatable bonds is 10. The van der Waals surface area contributed by atoms with Crippen LogP contribution < -0.4 is 9.80 Å². The lowest BCUT2D eigenvalue weighted by molar-refractivity contribution is -0.108. The average molecular weight is 819 g/mol. The van der Waals surface area contributed by atoms with Gasteiger partial charge in [0.05, 0.1) is 11.4 Å². The Hall–Kier alpha value is -8.53. The second kappa shape index (κ2) is 16.7. The van der Waals surface area contributed by atoms with E-state index in [1.54, 1.807) is 0 Å². The first kappa shape index (κ1) is 38.4. The number of carbonyl (C=O) groups is 1. The lowest BCUT2D eigenvalue weighted by Gasteiger charge is -2.27. The zero-order valence-corrected chi connectivity index (χ0v) is 35.1. The van der Waals surface area contributed by atoms with Crippen LogP contribution in [-0.4, -0.2) is 5.78 Å². The molecular weight excluding hydrogens is 777 g/mol. The third-order valence-corrected chi connectivity index (χ3v) is 12.2. The van der Waals surface area contributed by atoms with Gasteiger partial charge in [-0.15, -0.1) is 0 Å². The van der Waals surface area contributed by atoms with Gasteiger partial charge in [0.2, 0.25) is 0 Å². The number of Topliss-reactive ketones (excluding diaryl/α,β-unsaturated/α-hetero) is 1. The topological polar surface area (TPSA) is 23.6 Å². The zero-order valence-electron chi connectivity index (χ0n) is 35.1. The Morgan fingerprint density at radius 3 is 0.922 bits per heavy atom. The Bertz CT molecular complexity index is 3120. The fraction of sp³-hybridized carbons (Fsp3) is 0. The van der Waals surface area contributed by atoms with E-state index in [2.05, 4.69) is 228 Å². The second-order valence-electron chi connectivity index (χ2n) is 16.0. The SMILES string of the molecule is O=C1C(c2ccccc2)=C(c2ccc(N(c3ccccc3)c3cccc4ccccc34)cc2)C(c2ccc(N(c3ccccc3)c3cccc4ccccc34)cc2)=C1c1ccccc1. The number of allylic oxidation sites excluding steroid dienone is 4. The number of ketones is 1. The van der Waals surface area contributed by atoms with Crippen molar-refractivity contribution in [2.24, 2.45) is 0 Å². The molecule has 0 fully saturated rings. The molecule has 0 heterocycles. The van der Waals surface area contributed by atoms with Crippen molar-refractivity contribution in [3.63, 3.8) is 0 Å². The van der Waals surface area contributed by atoms with Crippen LogP contribution in [0.3, 0.4) is 0 Å². The van der Waals surface area contributed by atoms with Crippen LogP contribution in [0, 0.1) is 0 Å². The first-order valence-electron chi connectivity index (χ1n) is 21.7. The largest absolute Gasteiger partial charge is 0.310 e. The van der Waals surface area contributed by atoms with E-state index in [4.69, 9.17) is 0 Å². The van der Waals surface area contributed by atoms with E-state index >= 15 is 4.79 Å². The van der Waals surface area contributed by atoms with E-state index in [-0.39, 0.29) is 5.78 Å². The van der Waals surface area contributed by atoms with E-state index in [9.17, 15) is 0 Å². The van der Waals surface area contributed by atoms with Gasteiger partial charge < -0.3 is 9.80 Å². The maximum Gasteiger partial charge on any atom is 0.195 e. The van der Waals surface area contributed by atoms with Gasteiger partial charge in [0, 0.05) is 55.8 Å². The van der Waals surface area contributed by atoms with Crippen molar-refractivity contribution in [2.75, 3.05) is 9.80 Å². The van der Waals surface area contributed by atoms with E-state index in [0.29, 0.717) is 11.1 Å². The highest BCUT2D eigenvalue weighted by molar-refractivity contribution is 6.59. The fourth-order valence-corrected chi connectivity index (χ4v) is 9.31. The summed E-state index contributed by atoms with van der Waals surface area (Å²) in [7, 11) is 0. The van der Waals surface area contributed by atoms with Crippen molar-refractivity contribution in [2.45, 2.75) is 0 Å². The molecule has 10 aromatic carbocycles. The normalized spacial score (nSPS) is 12.6. The number of benzene rings is 10. The molecule has 0 aliphatic heterocycles. The molecule has 3 heteroatoms. The first-order chi connectivity index (χ1) is 31.7. The van der Waals surface area contributed by atoms with Crippen LogP contribution in [0.5, 0.6) is 0 Å². The number of carbonyl (C=O) groups excluding carboxylic acids is 1. The Labute approximate surface area is 373 Å². The van der Waals surface area contributed by atoms with Crippen LogP contribution in [0.15, 0.2) is 255 Å². The second-order valence-corrected chi connectivity index (χ2v) is 16.0. The van der Waals surface area contributed by atoms with Crippen molar-refractivity contribution in [3.8, 4) is 0 Å². The van der Waals surface area contributed by atoms with Crippen LogP contribution in [0.25, 0.3) is 43.8 Å². The molecule has 64 heavy (non-hydrogen) atoms. The van der Waals surface area contributed by atoms with Crippen molar-refractivity contribution in [1.82, 2.24) is 0 Å². The summed E-state index contributed by atoms with van der Waals surface area (Å²) < 4.78 is 0. The minimum absolute atomic E-state index is 0.0129. The van der Waals surface area contributed by atoms with Crippen molar-refractivity contribution in [3.05, 3.63) is 277 Å². The Morgan fingerprint density at radius 2 is 0.531 bits per heavy atom. The van der Waals surface area contributed by atoms with Gasteiger partial charge in [-0.2, -0.15) is 0 Å². The van der Waals surface area contributed by atoms with E-state index in [0.717, 1.165) is 67.5 Å². The third kappa shape index (κ3) is 6.96. The molecule has 11 rings (SSSR count). The monoisotopic (exact) mass is 818 g/mol. The van der Waals surface area contributed by atoms with Crippen molar-refractivity contribution in [1.29, 1.82) is 0 Å². The maximum absolute atomic E-state index is 15.3. The quantitative estimate of drug-likeness (QED) is 0.137. The van der Waals surface area contributed by atoms with Crippen LogP contribution in [0.4, 0.5) is 34.1 Å². The fourth-order valence-electron chi connectivity index (χ4n) is 9.31. The zero-order chi connectivity index (χ0) is 42.8. The van der Waals surface area contributed by atoms with Gasteiger partial charge in [-0.3, -0.25) is 4.79 Å². The molecular formula is C61H42N2O. The van der Waals surface area contributed by atoms with Crippen molar-refractivity contribution < 1.29 is 4.79 Å². The van der Waals surface area contributed by atoms with Crippen LogP contribution in [0.1, 0.15) is 22.3 Å². The molecule has 0 amide bonds. The number of nitrogens with zero attached hydrogens (tertiary/aromatic N) is 2. The Kier molecular flexibility index (Phi) is 10.0. The number of anilines is 6. The first-order valence-corrected chi connectivity index (χ1v) is 21.7. The summed E-state index contributed by atoms with van der Waals surface area (Å²) in [5, 5.41) is 4.69. The summed E-state index contributed by atoms with van der Waals surface area (Å²) in [6.07, 6.45) is 0. The molecule has 10 aromatic rings. The van der Waals surface area contributed by atoms with Gasteiger partial charge >= 0.3 is 0 Å². The third-order valence-electron chi connectivity index (χ3n) is 12.2. The molecule has 0 saturated heterocycles. The molecule has 1 aliphatic carbocycles. The predicted molar refractivity (Wildman–Crippen MR) is 269 cm³/mol. The van der Waals surface area contributed by atoms with Gasteiger partial charge in [0.25, 0.3) is 0 Å². The van der Waals surface area contributed by atoms with Gasteiger partial charge in [-0.05, 0) is 93.7 Å². The summed E-state index contributed by atoms with van der Waals surface area (Å²) in [6.45, 7) is 0. The number of hydrogen-bond donors (Lipinski definition) is 0. The summed E-state index contributed by atoms with van der Waals surface area (Å²) in [5.74, 6) is 0.0129. The molecule has 0 N–H and O–H groups in total. The molecule has 0 spiro atoms. The maximum atomic E-state index is 15.3. The highest BCUT2D eigenvalue weighted by atomic mass is 16.1. The Morgan fingerprint density at radius 1 is 0.234 bits per heavy atom. The number of fused-ring (bicyclic) bond motifs is 2. The van der Waals surface area contributed by atoms with Gasteiger partial charge in [0.1, 0.15) is 0 Å². The molecule has 0 aromatic heterocycles. The van der Waals surface area contributed by atoms with Crippen LogP contribution in [-0.2, 0) is 4.79 Å². The molecule has 1 aliphatic rings.